The molecule has 4 nitrogen and oxygen atoms in total. The van der Waals surface area contributed by atoms with Crippen molar-refractivity contribution in [2.75, 3.05) is 5.43 Å². The van der Waals surface area contributed by atoms with Gasteiger partial charge in [-0.05, 0) is 50.3 Å². The molecule has 0 radical (unpaired) electrons. The van der Waals surface area contributed by atoms with Gasteiger partial charge in [-0.3, -0.25) is 0 Å². The minimum absolute atomic E-state index is 0.307. The molecule has 0 fully saturated rings. The molecule has 2 aromatic rings. The van der Waals surface area contributed by atoms with E-state index in [1.165, 1.54) is 18.4 Å². The van der Waals surface area contributed by atoms with Crippen LogP contribution in [0.2, 0.25) is 0 Å². The van der Waals surface area contributed by atoms with Crippen LogP contribution in [0.1, 0.15) is 40.5 Å². The minimum Gasteiger partial charge on any atom is -0.323 e. The lowest BCUT2D eigenvalue weighted by atomic mass is 9.68. The van der Waals surface area contributed by atoms with Gasteiger partial charge >= 0.3 is 0 Å². The highest BCUT2D eigenvalue weighted by atomic mass is 15.4. The highest BCUT2D eigenvalue weighted by molar-refractivity contribution is 5.93. The second-order valence-corrected chi connectivity index (χ2v) is 7.28. The van der Waals surface area contributed by atoms with E-state index in [4.69, 9.17) is 0 Å². The van der Waals surface area contributed by atoms with Crippen molar-refractivity contribution in [3.63, 3.8) is 0 Å². The van der Waals surface area contributed by atoms with Crippen molar-refractivity contribution in [1.29, 1.82) is 0 Å². The summed E-state index contributed by atoms with van der Waals surface area (Å²) in [5, 5.41) is 4.41. The third kappa shape index (κ3) is 3.58. The van der Waals surface area contributed by atoms with Crippen LogP contribution in [-0.4, -0.2) is 15.7 Å². The van der Waals surface area contributed by atoms with Crippen LogP contribution in [0.25, 0.3) is 11.0 Å². The predicted molar refractivity (Wildman–Crippen MR) is 102 cm³/mol. The van der Waals surface area contributed by atoms with E-state index >= 15 is 0 Å². The Morgan fingerprint density at radius 1 is 1.38 bits per heavy atom. The zero-order valence-corrected chi connectivity index (χ0v) is 14.9. The Morgan fingerprint density at radius 2 is 2.17 bits per heavy atom. The Bertz CT molecular complexity index is 775. The minimum atomic E-state index is 0.307. The first-order chi connectivity index (χ1) is 11.5. The lowest BCUT2D eigenvalue weighted by Crippen LogP contribution is -2.26. The Balaban J connectivity index is 1.69. The van der Waals surface area contributed by atoms with Crippen molar-refractivity contribution in [2.45, 2.75) is 40.5 Å². The van der Waals surface area contributed by atoms with E-state index < -0.39 is 0 Å². The lowest BCUT2D eigenvalue weighted by Gasteiger charge is -2.36. The van der Waals surface area contributed by atoms with Crippen LogP contribution in [0.4, 0.5) is 5.95 Å². The van der Waals surface area contributed by atoms with Crippen molar-refractivity contribution in [2.24, 2.45) is 16.4 Å². The summed E-state index contributed by atoms with van der Waals surface area (Å²) in [7, 11) is 0. The van der Waals surface area contributed by atoms with Crippen LogP contribution < -0.4 is 5.43 Å². The number of imidazole rings is 1. The van der Waals surface area contributed by atoms with Gasteiger partial charge in [-0.1, -0.05) is 43.7 Å². The first kappa shape index (κ1) is 16.5. The number of benzene rings is 1. The zero-order chi connectivity index (χ0) is 17.2. The largest absolute Gasteiger partial charge is 0.323 e. The molecule has 0 aliphatic heterocycles. The van der Waals surface area contributed by atoms with Crippen LogP contribution in [0, 0.1) is 11.3 Å². The van der Waals surface area contributed by atoms with Crippen molar-refractivity contribution in [3.8, 4) is 0 Å². The monoisotopic (exact) mass is 322 g/mol. The average molecular weight is 322 g/mol. The van der Waals surface area contributed by atoms with Crippen molar-refractivity contribution in [3.05, 3.63) is 48.1 Å². The van der Waals surface area contributed by atoms with E-state index in [1.807, 2.05) is 31.2 Å². The standard InChI is InChI=1S/C20H26N4/c1-14-8-7-13-20(3,4)16(14)12-11-15(2)23-24-19-21-17-9-5-6-10-18(17)22-19/h5-6,8-12,16H,7,13H2,1-4H3,(H2,21,22,24)/b12-11+,23-15+. The summed E-state index contributed by atoms with van der Waals surface area (Å²) in [6, 6.07) is 7.95. The fraction of sp³-hybridized carbons (Fsp3) is 0.400. The highest BCUT2D eigenvalue weighted by Crippen LogP contribution is 2.41. The number of hydrogen-bond donors (Lipinski definition) is 2. The van der Waals surface area contributed by atoms with E-state index in [0.717, 1.165) is 16.7 Å². The average Bonchev–Trinajstić information content (AvgIpc) is 2.94. The number of rotatable bonds is 4. The Hall–Kier alpha value is -2.36. The molecule has 0 amide bonds. The molecule has 4 heteroatoms. The number of aromatic nitrogens is 2. The summed E-state index contributed by atoms with van der Waals surface area (Å²) < 4.78 is 0. The molecule has 1 heterocycles. The first-order valence-electron chi connectivity index (χ1n) is 8.55. The number of allylic oxidation sites excluding steroid dienone is 4. The van der Waals surface area contributed by atoms with Crippen LogP contribution in [-0.2, 0) is 0 Å². The molecule has 126 valence electrons. The van der Waals surface area contributed by atoms with Gasteiger partial charge in [0.2, 0.25) is 5.95 Å². The summed E-state index contributed by atoms with van der Waals surface area (Å²) in [4.78, 5) is 7.68. The summed E-state index contributed by atoms with van der Waals surface area (Å²) in [6.45, 7) is 8.92. The molecule has 1 aliphatic rings. The molecular weight excluding hydrogens is 296 g/mol. The number of hydrogen-bond acceptors (Lipinski definition) is 3. The van der Waals surface area contributed by atoms with Crippen LogP contribution >= 0.6 is 0 Å². The first-order valence-corrected chi connectivity index (χ1v) is 8.55. The van der Waals surface area contributed by atoms with Crippen molar-refractivity contribution >= 4 is 22.7 Å². The number of anilines is 1. The number of nitrogens with one attached hydrogen (secondary N) is 2. The maximum Gasteiger partial charge on any atom is 0.222 e. The summed E-state index contributed by atoms with van der Waals surface area (Å²) in [6.07, 6.45) is 9.16. The van der Waals surface area contributed by atoms with Gasteiger partial charge in [0.05, 0.1) is 16.7 Å². The van der Waals surface area contributed by atoms with Crippen molar-refractivity contribution in [1.82, 2.24) is 9.97 Å². The molecule has 1 unspecified atom stereocenters. The number of fused-ring (bicyclic) bond motifs is 1. The van der Waals surface area contributed by atoms with Gasteiger partial charge in [0.1, 0.15) is 0 Å². The van der Waals surface area contributed by atoms with E-state index in [-0.39, 0.29) is 0 Å². The third-order valence-corrected chi connectivity index (χ3v) is 4.84. The van der Waals surface area contributed by atoms with Crippen molar-refractivity contribution < 1.29 is 0 Å². The second kappa shape index (κ2) is 6.63. The molecular formula is C20H26N4. The maximum atomic E-state index is 4.46. The molecule has 1 aromatic carbocycles. The van der Waals surface area contributed by atoms with Gasteiger partial charge < -0.3 is 4.98 Å². The van der Waals surface area contributed by atoms with Crippen LogP contribution in [0.3, 0.4) is 0 Å². The van der Waals surface area contributed by atoms with E-state index in [1.54, 1.807) is 0 Å². The molecule has 0 saturated heterocycles. The Morgan fingerprint density at radius 3 is 2.92 bits per heavy atom. The molecule has 0 bridgehead atoms. The van der Waals surface area contributed by atoms with Crippen LogP contribution in [0.15, 0.2) is 53.2 Å². The summed E-state index contributed by atoms with van der Waals surface area (Å²) >= 11 is 0. The molecule has 24 heavy (non-hydrogen) atoms. The van der Waals surface area contributed by atoms with Gasteiger partial charge in [0.15, 0.2) is 0 Å². The number of nitrogens with zero attached hydrogens (tertiary/aromatic N) is 2. The molecule has 2 N–H and O–H groups in total. The quantitative estimate of drug-likeness (QED) is 0.456. The smallest absolute Gasteiger partial charge is 0.222 e. The number of H-pyrrole nitrogens is 1. The molecule has 0 saturated carbocycles. The molecule has 1 aromatic heterocycles. The third-order valence-electron chi connectivity index (χ3n) is 4.84. The second-order valence-electron chi connectivity index (χ2n) is 7.28. The van der Waals surface area contributed by atoms with Gasteiger partial charge in [0.25, 0.3) is 0 Å². The number of hydrazone groups is 1. The molecule has 1 aliphatic carbocycles. The molecule has 0 spiro atoms. The van der Waals surface area contributed by atoms with Crippen LogP contribution in [0.5, 0.6) is 0 Å². The van der Waals surface area contributed by atoms with E-state index in [9.17, 15) is 0 Å². The predicted octanol–water partition coefficient (Wildman–Crippen LogP) is 5.29. The number of aromatic amines is 1. The van der Waals surface area contributed by atoms with Gasteiger partial charge in [0, 0.05) is 5.92 Å². The Kier molecular flexibility index (Phi) is 4.56. The number of para-hydroxylation sites is 2. The zero-order valence-electron chi connectivity index (χ0n) is 14.9. The fourth-order valence-electron chi connectivity index (χ4n) is 3.40. The maximum absolute atomic E-state index is 4.46. The van der Waals surface area contributed by atoms with E-state index in [0.29, 0.717) is 17.3 Å². The van der Waals surface area contributed by atoms with Gasteiger partial charge in [-0.25, -0.2) is 10.4 Å². The fourth-order valence-corrected chi connectivity index (χ4v) is 3.40. The molecule has 1 atom stereocenters. The van der Waals surface area contributed by atoms with Gasteiger partial charge in [-0.15, -0.1) is 0 Å². The van der Waals surface area contributed by atoms with E-state index in [2.05, 4.69) is 59.5 Å². The SMILES string of the molecule is CC1=CCCC(C)(C)C1/C=C/C(C)=N/Nc1nc2ccccc2[nH]1. The highest BCUT2D eigenvalue weighted by Gasteiger charge is 2.30. The topological polar surface area (TPSA) is 53.1 Å². The lowest BCUT2D eigenvalue weighted by molar-refractivity contribution is 0.255. The normalized spacial score (nSPS) is 21.2. The molecule has 3 rings (SSSR count). The summed E-state index contributed by atoms with van der Waals surface area (Å²) in [5.41, 5.74) is 7.66. The Labute approximate surface area is 143 Å². The van der Waals surface area contributed by atoms with Gasteiger partial charge in [-0.2, -0.15) is 5.10 Å². The summed E-state index contributed by atoms with van der Waals surface area (Å²) in [5.74, 6) is 1.14.